The second-order valence-electron chi connectivity index (χ2n) is 4.06. The fraction of sp³-hybridized carbons (Fsp3) is 0.143. The van der Waals surface area contributed by atoms with Crippen molar-refractivity contribution in [2.24, 2.45) is 5.73 Å². The SMILES string of the molecule is CSc1cccc(Nc2cnccc2C)c1C(N)=S. The van der Waals surface area contributed by atoms with Gasteiger partial charge in [-0.1, -0.05) is 18.3 Å². The molecule has 0 aliphatic heterocycles. The van der Waals surface area contributed by atoms with Gasteiger partial charge in [-0.15, -0.1) is 11.8 Å². The number of anilines is 2. The number of aryl methyl sites for hydroxylation is 1. The average molecular weight is 289 g/mol. The van der Waals surface area contributed by atoms with Crippen LogP contribution in [0.25, 0.3) is 0 Å². The second kappa shape index (κ2) is 6.04. The molecule has 3 N–H and O–H groups in total. The maximum atomic E-state index is 5.85. The number of pyridine rings is 1. The summed E-state index contributed by atoms with van der Waals surface area (Å²) in [7, 11) is 0. The highest BCUT2D eigenvalue weighted by molar-refractivity contribution is 7.98. The topological polar surface area (TPSA) is 50.9 Å². The van der Waals surface area contributed by atoms with E-state index in [2.05, 4.69) is 10.3 Å². The molecule has 1 aromatic carbocycles. The van der Waals surface area contributed by atoms with Gasteiger partial charge in [0, 0.05) is 22.3 Å². The highest BCUT2D eigenvalue weighted by Gasteiger charge is 2.11. The zero-order valence-corrected chi connectivity index (χ0v) is 12.4. The first kappa shape index (κ1) is 13.8. The number of nitrogens with two attached hydrogens (primary N) is 1. The van der Waals surface area contributed by atoms with Crippen molar-refractivity contribution in [3.63, 3.8) is 0 Å². The molecule has 0 atom stereocenters. The molecule has 0 spiro atoms. The molecule has 0 bridgehead atoms. The Kier molecular flexibility index (Phi) is 4.39. The Morgan fingerprint density at radius 1 is 1.32 bits per heavy atom. The van der Waals surface area contributed by atoms with Crippen LogP contribution in [-0.4, -0.2) is 16.2 Å². The lowest BCUT2D eigenvalue weighted by Crippen LogP contribution is -2.13. The van der Waals surface area contributed by atoms with Gasteiger partial charge in [-0.25, -0.2) is 0 Å². The van der Waals surface area contributed by atoms with E-state index in [4.69, 9.17) is 18.0 Å². The Morgan fingerprint density at radius 3 is 2.74 bits per heavy atom. The van der Waals surface area contributed by atoms with Gasteiger partial charge in [0.1, 0.15) is 4.99 Å². The lowest BCUT2D eigenvalue weighted by Gasteiger charge is -2.15. The van der Waals surface area contributed by atoms with E-state index in [0.29, 0.717) is 4.99 Å². The summed E-state index contributed by atoms with van der Waals surface area (Å²) in [4.78, 5) is 5.59. The molecular weight excluding hydrogens is 274 g/mol. The molecular formula is C14H15N3S2. The minimum absolute atomic E-state index is 0.397. The summed E-state index contributed by atoms with van der Waals surface area (Å²) in [6, 6.07) is 7.93. The third-order valence-corrected chi connectivity index (χ3v) is 3.79. The molecule has 98 valence electrons. The number of rotatable bonds is 4. The van der Waals surface area contributed by atoms with Crippen molar-refractivity contribution >= 4 is 40.3 Å². The Hall–Kier alpha value is -1.59. The number of thiocarbonyl (C=S) groups is 1. The molecule has 5 heteroatoms. The molecule has 19 heavy (non-hydrogen) atoms. The van der Waals surface area contributed by atoms with Gasteiger partial charge in [0.15, 0.2) is 0 Å². The standard InChI is InChI=1S/C14H15N3S2/c1-9-6-7-16-8-11(9)17-10-4-3-5-12(19-2)13(10)14(15)18/h3-8,17H,1-2H3,(H2,15,18). The van der Waals surface area contributed by atoms with Crippen molar-refractivity contribution in [1.82, 2.24) is 4.98 Å². The predicted molar refractivity (Wildman–Crippen MR) is 86.4 cm³/mol. The minimum Gasteiger partial charge on any atom is -0.389 e. The van der Waals surface area contributed by atoms with Crippen LogP contribution in [-0.2, 0) is 0 Å². The van der Waals surface area contributed by atoms with Crippen molar-refractivity contribution in [2.75, 3.05) is 11.6 Å². The van der Waals surface area contributed by atoms with E-state index in [1.165, 1.54) is 0 Å². The Labute approximate surface area is 122 Å². The van der Waals surface area contributed by atoms with Gasteiger partial charge in [0.25, 0.3) is 0 Å². The summed E-state index contributed by atoms with van der Waals surface area (Å²) in [5.74, 6) is 0. The highest BCUT2D eigenvalue weighted by atomic mass is 32.2. The Morgan fingerprint density at radius 2 is 2.11 bits per heavy atom. The van der Waals surface area contributed by atoms with Crippen LogP contribution in [0.1, 0.15) is 11.1 Å². The van der Waals surface area contributed by atoms with E-state index in [1.807, 2.05) is 37.4 Å². The number of aromatic nitrogens is 1. The van der Waals surface area contributed by atoms with Gasteiger partial charge >= 0.3 is 0 Å². The van der Waals surface area contributed by atoms with Crippen molar-refractivity contribution in [3.8, 4) is 0 Å². The molecule has 0 aliphatic carbocycles. The average Bonchev–Trinajstić information content (AvgIpc) is 2.40. The molecule has 0 unspecified atom stereocenters. The molecule has 0 saturated carbocycles. The second-order valence-corrected chi connectivity index (χ2v) is 5.35. The molecule has 1 aromatic heterocycles. The third kappa shape index (κ3) is 3.05. The lowest BCUT2D eigenvalue weighted by molar-refractivity contribution is 1.27. The lowest BCUT2D eigenvalue weighted by atomic mass is 10.1. The molecule has 1 heterocycles. The number of nitrogens with zero attached hydrogens (tertiary/aromatic N) is 1. The van der Waals surface area contributed by atoms with E-state index in [-0.39, 0.29) is 0 Å². The minimum atomic E-state index is 0.397. The van der Waals surface area contributed by atoms with Gasteiger partial charge in [0.2, 0.25) is 0 Å². The van der Waals surface area contributed by atoms with Crippen molar-refractivity contribution in [3.05, 3.63) is 47.8 Å². The fourth-order valence-electron chi connectivity index (χ4n) is 1.80. The van der Waals surface area contributed by atoms with Crippen LogP contribution in [0.3, 0.4) is 0 Å². The van der Waals surface area contributed by atoms with Gasteiger partial charge in [-0.05, 0) is 36.9 Å². The summed E-state index contributed by atoms with van der Waals surface area (Å²) < 4.78 is 0. The van der Waals surface area contributed by atoms with Crippen LogP contribution in [0.2, 0.25) is 0 Å². The molecule has 0 radical (unpaired) electrons. The third-order valence-electron chi connectivity index (χ3n) is 2.80. The molecule has 2 aromatic rings. The normalized spacial score (nSPS) is 10.2. The monoisotopic (exact) mass is 289 g/mol. The maximum absolute atomic E-state index is 5.85. The molecule has 0 fully saturated rings. The first-order valence-corrected chi connectivity index (χ1v) is 7.41. The summed E-state index contributed by atoms with van der Waals surface area (Å²) in [5.41, 5.74) is 9.72. The smallest absolute Gasteiger partial charge is 0.107 e. The number of hydrogen-bond donors (Lipinski definition) is 2. The summed E-state index contributed by atoms with van der Waals surface area (Å²) in [6.07, 6.45) is 5.58. The van der Waals surface area contributed by atoms with Crippen LogP contribution in [0.5, 0.6) is 0 Å². The number of benzene rings is 1. The molecule has 2 rings (SSSR count). The summed E-state index contributed by atoms with van der Waals surface area (Å²) >= 11 is 6.79. The van der Waals surface area contributed by atoms with Crippen LogP contribution in [0.4, 0.5) is 11.4 Å². The predicted octanol–water partition coefficient (Wildman–Crippen LogP) is 3.49. The van der Waals surface area contributed by atoms with E-state index in [0.717, 1.165) is 27.4 Å². The van der Waals surface area contributed by atoms with Crippen molar-refractivity contribution in [2.45, 2.75) is 11.8 Å². The van der Waals surface area contributed by atoms with Gasteiger partial charge in [-0.2, -0.15) is 0 Å². The van der Waals surface area contributed by atoms with Gasteiger partial charge in [-0.3, -0.25) is 4.98 Å². The first-order chi connectivity index (χ1) is 9.13. The van der Waals surface area contributed by atoms with Crippen LogP contribution in [0.15, 0.2) is 41.6 Å². The zero-order valence-electron chi connectivity index (χ0n) is 10.8. The van der Waals surface area contributed by atoms with Crippen molar-refractivity contribution < 1.29 is 0 Å². The van der Waals surface area contributed by atoms with Crippen molar-refractivity contribution in [1.29, 1.82) is 0 Å². The van der Waals surface area contributed by atoms with E-state index in [1.54, 1.807) is 24.2 Å². The highest BCUT2D eigenvalue weighted by Crippen LogP contribution is 2.29. The summed E-state index contributed by atoms with van der Waals surface area (Å²) in [6.45, 7) is 2.03. The largest absolute Gasteiger partial charge is 0.389 e. The summed E-state index contributed by atoms with van der Waals surface area (Å²) in [5, 5.41) is 3.35. The van der Waals surface area contributed by atoms with E-state index < -0.39 is 0 Å². The Balaban J connectivity index is 2.46. The van der Waals surface area contributed by atoms with Crippen LogP contribution < -0.4 is 11.1 Å². The van der Waals surface area contributed by atoms with Gasteiger partial charge < -0.3 is 11.1 Å². The first-order valence-electron chi connectivity index (χ1n) is 5.78. The van der Waals surface area contributed by atoms with Crippen LogP contribution >= 0.6 is 24.0 Å². The van der Waals surface area contributed by atoms with E-state index in [9.17, 15) is 0 Å². The van der Waals surface area contributed by atoms with E-state index >= 15 is 0 Å². The quantitative estimate of drug-likeness (QED) is 0.666. The molecule has 0 aliphatic rings. The molecule has 3 nitrogen and oxygen atoms in total. The fourth-order valence-corrected chi connectivity index (χ4v) is 2.72. The number of thioether (sulfide) groups is 1. The number of nitrogens with one attached hydrogen (secondary N) is 1. The molecule has 0 saturated heterocycles. The molecule has 0 amide bonds. The zero-order chi connectivity index (χ0) is 13.8. The Bertz CT molecular complexity index is 611. The maximum Gasteiger partial charge on any atom is 0.107 e. The van der Waals surface area contributed by atoms with Crippen LogP contribution in [0, 0.1) is 6.92 Å². The number of hydrogen-bond acceptors (Lipinski definition) is 4. The van der Waals surface area contributed by atoms with Gasteiger partial charge in [0.05, 0.1) is 11.9 Å².